The molecule has 3 rings (SSSR count). The van der Waals surface area contributed by atoms with Crippen LogP contribution in [0.1, 0.15) is 13.3 Å². The molecule has 0 saturated carbocycles. The summed E-state index contributed by atoms with van der Waals surface area (Å²) in [5.41, 5.74) is 0. The third-order valence-corrected chi connectivity index (χ3v) is 5.59. The van der Waals surface area contributed by atoms with Gasteiger partial charge in [-0.25, -0.2) is 17.5 Å². The van der Waals surface area contributed by atoms with Gasteiger partial charge in [0.15, 0.2) is 0 Å². The van der Waals surface area contributed by atoms with E-state index in [4.69, 9.17) is 4.74 Å². The lowest BCUT2D eigenvalue weighted by molar-refractivity contribution is -0.0390. The molecule has 0 radical (unpaired) electrons. The highest BCUT2D eigenvalue weighted by Gasteiger charge is 2.38. The van der Waals surface area contributed by atoms with Crippen LogP contribution in [0.5, 0.6) is 0 Å². The molecule has 2 aliphatic rings. The van der Waals surface area contributed by atoms with E-state index < -0.39 is 15.8 Å². The van der Waals surface area contributed by atoms with Crippen LogP contribution in [-0.2, 0) is 14.8 Å². The van der Waals surface area contributed by atoms with Gasteiger partial charge < -0.3 is 4.74 Å². The largest absolute Gasteiger partial charge is 0.376 e. The number of hydrogen-bond acceptors (Lipinski definition) is 4. The zero-order chi connectivity index (χ0) is 15.0. The molecule has 0 unspecified atom stereocenters. The molecule has 0 aromatic heterocycles. The van der Waals surface area contributed by atoms with Gasteiger partial charge in [0, 0.05) is 25.2 Å². The lowest BCUT2D eigenvalue weighted by atomic mass is 10.2. The van der Waals surface area contributed by atoms with Crippen LogP contribution in [0.3, 0.4) is 0 Å². The molecule has 1 aromatic carbocycles. The van der Waals surface area contributed by atoms with Crippen molar-refractivity contribution in [3.8, 4) is 0 Å². The number of benzene rings is 1. The fourth-order valence-electron chi connectivity index (χ4n) is 3.07. The highest BCUT2D eigenvalue weighted by molar-refractivity contribution is 7.89. The Bertz CT molecular complexity index is 622. The van der Waals surface area contributed by atoms with E-state index in [1.807, 2.05) is 6.92 Å². The number of fused-ring (bicyclic) bond motifs is 1. The van der Waals surface area contributed by atoms with E-state index in [0.29, 0.717) is 19.6 Å². The second-order valence-electron chi connectivity index (χ2n) is 5.74. The quantitative estimate of drug-likeness (QED) is 0.903. The molecule has 1 N–H and O–H groups in total. The smallest absolute Gasteiger partial charge is 0.243 e. The average Bonchev–Trinajstić information content (AvgIpc) is 2.79. The molecule has 2 saturated heterocycles. The third-order valence-electron chi connectivity index (χ3n) is 4.04. The first-order chi connectivity index (χ1) is 9.95. The zero-order valence-corrected chi connectivity index (χ0v) is 12.6. The highest BCUT2D eigenvalue weighted by Crippen LogP contribution is 2.24. The maximum atomic E-state index is 13.7. The van der Waals surface area contributed by atoms with Gasteiger partial charge in [-0.3, -0.25) is 4.90 Å². The Hall–Kier alpha value is -1.02. The summed E-state index contributed by atoms with van der Waals surface area (Å²) >= 11 is 0. The average molecular weight is 314 g/mol. The summed E-state index contributed by atoms with van der Waals surface area (Å²) in [4.78, 5) is 1.95. The maximum absolute atomic E-state index is 13.7. The molecule has 0 spiro atoms. The Morgan fingerprint density at radius 3 is 2.86 bits per heavy atom. The van der Waals surface area contributed by atoms with E-state index in [1.54, 1.807) is 0 Å². The summed E-state index contributed by atoms with van der Waals surface area (Å²) in [7, 11) is -3.82. The summed E-state index contributed by atoms with van der Waals surface area (Å²) < 4.78 is 46.4. The van der Waals surface area contributed by atoms with Gasteiger partial charge in [0.2, 0.25) is 10.0 Å². The van der Waals surface area contributed by atoms with Crippen molar-refractivity contribution in [2.75, 3.05) is 19.7 Å². The van der Waals surface area contributed by atoms with Gasteiger partial charge >= 0.3 is 0 Å². The topological polar surface area (TPSA) is 58.6 Å². The number of rotatable bonds is 3. The van der Waals surface area contributed by atoms with Gasteiger partial charge in [0.25, 0.3) is 0 Å². The molecule has 21 heavy (non-hydrogen) atoms. The van der Waals surface area contributed by atoms with Crippen LogP contribution in [0, 0.1) is 5.82 Å². The van der Waals surface area contributed by atoms with Crippen molar-refractivity contribution in [2.24, 2.45) is 0 Å². The van der Waals surface area contributed by atoms with E-state index in [-0.39, 0.29) is 23.1 Å². The van der Waals surface area contributed by atoms with E-state index in [9.17, 15) is 12.8 Å². The number of hydrogen-bond donors (Lipinski definition) is 1. The molecule has 0 bridgehead atoms. The Morgan fingerprint density at radius 2 is 2.10 bits per heavy atom. The standard InChI is InChI=1S/C14H19FN2O3S/c1-10-7-17-8-11(6-12(17)9-20-10)16-21(18,19)14-5-3-2-4-13(14)15/h2-5,10-12,16H,6-9H2,1H3/t10-,11-,12+/m1/s1. The Kier molecular flexibility index (Phi) is 4.00. The molecule has 116 valence electrons. The summed E-state index contributed by atoms with van der Waals surface area (Å²) in [6.45, 7) is 4.08. The first kappa shape index (κ1) is 14.9. The van der Waals surface area contributed by atoms with Gasteiger partial charge in [-0.15, -0.1) is 0 Å². The number of halogens is 1. The lowest BCUT2D eigenvalue weighted by Gasteiger charge is -2.33. The molecule has 2 fully saturated rings. The fraction of sp³-hybridized carbons (Fsp3) is 0.571. The molecular weight excluding hydrogens is 295 g/mol. The molecule has 1 aromatic rings. The van der Waals surface area contributed by atoms with Crippen LogP contribution < -0.4 is 4.72 Å². The molecule has 3 atom stereocenters. The van der Waals surface area contributed by atoms with Gasteiger partial charge in [0.05, 0.1) is 12.7 Å². The van der Waals surface area contributed by atoms with E-state index in [2.05, 4.69) is 9.62 Å². The van der Waals surface area contributed by atoms with Gasteiger partial charge in [0.1, 0.15) is 10.7 Å². The van der Waals surface area contributed by atoms with Gasteiger partial charge in [-0.05, 0) is 25.5 Å². The molecule has 7 heteroatoms. The van der Waals surface area contributed by atoms with Crippen molar-refractivity contribution in [1.82, 2.24) is 9.62 Å². The highest BCUT2D eigenvalue weighted by atomic mass is 32.2. The van der Waals surface area contributed by atoms with Crippen LogP contribution in [-0.4, -0.2) is 51.2 Å². The molecule has 2 heterocycles. The van der Waals surface area contributed by atoms with Crippen LogP contribution in [0.25, 0.3) is 0 Å². The Morgan fingerprint density at radius 1 is 1.33 bits per heavy atom. The van der Waals surface area contributed by atoms with E-state index in [1.165, 1.54) is 18.2 Å². The van der Waals surface area contributed by atoms with Gasteiger partial charge in [-0.1, -0.05) is 12.1 Å². The normalized spacial score (nSPS) is 30.3. The van der Waals surface area contributed by atoms with E-state index >= 15 is 0 Å². The van der Waals surface area contributed by atoms with Crippen LogP contribution in [0.15, 0.2) is 29.2 Å². The van der Waals surface area contributed by atoms with Crippen LogP contribution >= 0.6 is 0 Å². The molecule has 0 aliphatic carbocycles. The van der Waals surface area contributed by atoms with Gasteiger partial charge in [-0.2, -0.15) is 0 Å². The number of sulfonamides is 1. The molecule has 2 aliphatic heterocycles. The molecule has 0 amide bonds. The van der Waals surface area contributed by atoms with Crippen molar-refractivity contribution in [2.45, 2.75) is 36.4 Å². The van der Waals surface area contributed by atoms with Crippen molar-refractivity contribution < 1.29 is 17.5 Å². The lowest BCUT2D eigenvalue weighted by Crippen LogP contribution is -2.45. The predicted octanol–water partition coefficient (Wildman–Crippen LogP) is 0.966. The SMILES string of the molecule is C[C@@H]1CN2C[C@H](NS(=O)(=O)c3ccccc3F)C[C@H]2CO1. The summed E-state index contributed by atoms with van der Waals surface area (Å²) in [5, 5.41) is 0. The van der Waals surface area contributed by atoms with Crippen molar-refractivity contribution in [1.29, 1.82) is 0 Å². The molecule has 5 nitrogen and oxygen atoms in total. The third kappa shape index (κ3) is 3.11. The first-order valence-corrected chi connectivity index (χ1v) is 8.56. The Labute approximate surface area is 124 Å². The minimum Gasteiger partial charge on any atom is -0.376 e. The van der Waals surface area contributed by atoms with Crippen molar-refractivity contribution >= 4 is 10.0 Å². The van der Waals surface area contributed by atoms with E-state index in [0.717, 1.165) is 12.6 Å². The minimum atomic E-state index is -3.82. The van der Waals surface area contributed by atoms with Crippen LogP contribution in [0.4, 0.5) is 4.39 Å². The predicted molar refractivity (Wildman–Crippen MR) is 75.9 cm³/mol. The number of nitrogens with one attached hydrogen (secondary N) is 1. The monoisotopic (exact) mass is 314 g/mol. The minimum absolute atomic E-state index is 0.170. The maximum Gasteiger partial charge on any atom is 0.243 e. The number of nitrogens with zero attached hydrogens (tertiary/aromatic N) is 1. The zero-order valence-electron chi connectivity index (χ0n) is 11.8. The van der Waals surface area contributed by atoms with Crippen LogP contribution in [0.2, 0.25) is 0 Å². The van der Waals surface area contributed by atoms with Crippen molar-refractivity contribution in [3.05, 3.63) is 30.1 Å². The summed E-state index contributed by atoms with van der Waals surface area (Å²) in [6.07, 6.45) is 0.864. The number of morpholine rings is 1. The first-order valence-electron chi connectivity index (χ1n) is 7.08. The molecular formula is C14H19FN2O3S. The number of ether oxygens (including phenoxy) is 1. The Balaban J connectivity index is 1.71. The summed E-state index contributed by atoms with van der Waals surface area (Å²) in [5.74, 6) is -0.724. The van der Waals surface area contributed by atoms with Crippen molar-refractivity contribution in [3.63, 3.8) is 0 Å². The second-order valence-corrected chi connectivity index (χ2v) is 7.42. The summed E-state index contributed by atoms with van der Waals surface area (Å²) in [6, 6.07) is 5.48. The second kappa shape index (κ2) is 5.64. The fourth-order valence-corrected chi connectivity index (χ4v) is 4.39.